The second-order valence-electron chi connectivity index (χ2n) is 4.94. The molecule has 1 aromatic rings. The minimum atomic E-state index is -0.835. The number of aromatic nitrogens is 2. The number of aryl methyl sites for hydroxylation is 2. The zero-order valence-corrected chi connectivity index (χ0v) is 10.7. The SMILES string of the molecule is Cc1n[nH]c(C)c1C(=O)N1CC(C)C(C(=O)O)C1. The lowest BCUT2D eigenvalue weighted by atomic mass is 9.99. The normalized spacial score (nSPS) is 23.4. The Morgan fingerprint density at radius 2 is 2.06 bits per heavy atom. The Hall–Kier alpha value is -1.85. The molecule has 1 aromatic heterocycles. The van der Waals surface area contributed by atoms with Crippen LogP contribution in [0.25, 0.3) is 0 Å². The van der Waals surface area contributed by atoms with Gasteiger partial charge in [0.1, 0.15) is 0 Å². The van der Waals surface area contributed by atoms with Gasteiger partial charge >= 0.3 is 5.97 Å². The van der Waals surface area contributed by atoms with Crippen LogP contribution in [-0.4, -0.2) is 45.2 Å². The summed E-state index contributed by atoms with van der Waals surface area (Å²) in [7, 11) is 0. The van der Waals surface area contributed by atoms with Gasteiger partial charge in [-0.3, -0.25) is 14.7 Å². The molecule has 0 saturated carbocycles. The van der Waals surface area contributed by atoms with E-state index < -0.39 is 11.9 Å². The van der Waals surface area contributed by atoms with Gasteiger partial charge in [0.05, 0.1) is 17.2 Å². The maximum Gasteiger partial charge on any atom is 0.308 e. The van der Waals surface area contributed by atoms with Crippen molar-refractivity contribution in [2.24, 2.45) is 11.8 Å². The van der Waals surface area contributed by atoms with E-state index in [9.17, 15) is 9.59 Å². The first-order chi connectivity index (χ1) is 8.41. The molecule has 98 valence electrons. The molecule has 2 atom stereocenters. The summed E-state index contributed by atoms with van der Waals surface area (Å²) in [6.45, 7) is 6.19. The number of H-pyrrole nitrogens is 1. The molecule has 1 aliphatic heterocycles. The van der Waals surface area contributed by atoms with E-state index in [0.717, 1.165) is 5.69 Å². The largest absolute Gasteiger partial charge is 0.481 e. The number of nitrogens with zero attached hydrogens (tertiary/aromatic N) is 2. The molecule has 6 nitrogen and oxygen atoms in total. The molecular formula is C12H17N3O3. The molecule has 0 radical (unpaired) electrons. The van der Waals surface area contributed by atoms with Crippen molar-refractivity contribution in [3.8, 4) is 0 Å². The molecule has 0 spiro atoms. The summed E-state index contributed by atoms with van der Waals surface area (Å²) in [4.78, 5) is 25.0. The van der Waals surface area contributed by atoms with E-state index in [4.69, 9.17) is 5.11 Å². The summed E-state index contributed by atoms with van der Waals surface area (Å²) >= 11 is 0. The standard InChI is InChI=1S/C12H17N3O3/c1-6-4-15(5-9(6)12(17)18)11(16)10-7(2)13-14-8(10)3/h6,9H,4-5H2,1-3H3,(H,13,14)(H,17,18). The Labute approximate surface area is 105 Å². The second-order valence-corrected chi connectivity index (χ2v) is 4.94. The highest BCUT2D eigenvalue weighted by Crippen LogP contribution is 2.25. The van der Waals surface area contributed by atoms with Crippen LogP contribution in [-0.2, 0) is 4.79 Å². The molecule has 1 amide bonds. The number of likely N-dealkylation sites (tertiary alicyclic amines) is 1. The van der Waals surface area contributed by atoms with Crippen LogP contribution in [0.3, 0.4) is 0 Å². The summed E-state index contributed by atoms with van der Waals surface area (Å²) in [5, 5.41) is 15.8. The highest BCUT2D eigenvalue weighted by atomic mass is 16.4. The lowest BCUT2D eigenvalue weighted by Gasteiger charge is -2.15. The molecular weight excluding hydrogens is 234 g/mol. The third-order valence-corrected chi connectivity index (χ3v) is 3.56. The summed E-state index contributed by atoms with van der Waals surface area (Å²) in [5.74, 6) is -1.45. The third kappa shape index (κ3) is 1.98. The summed E-state index contributed by atoms with van der Waals surface area (Å²) in [5.41, 5.74) is 1.95. The second kappa shape index (κ2) is 4.44. The predicted octanol–water partition coefficient (Wildman–Crippen LogP) is 0.819. The van der Waals surface area contributed by atoms with Gasteiger partial charge in [0.2, 0.25) is 0 Å². The van der Waals surface area contributed by atoms with Gasteiger partial charge in [-0.25, -0.2) is 0 Å². The van der Waals surface area contributed by atoms with Crippen LogP contribution < -0.4 is 0 Å². The highest BCUT2D eigenvalue weighted by Gasteiger charge is 2.38. The molecule has 0 bridgehead atoms. The van der Waals surface area contributed by atoms with Gasteiger partial charge in [0.25, 0.3) is 5.91 Å². The van der Waals surface area contributed by atoms with E-state index in [2.05, 4.69) is 10.2 Å². The number of carbonyl (C=O) groups excluding carboxylic acids is 1. The summed E-state index contributed by atoms with van der Waals surface area (Å²) in [6.07, 6.45) is 0. The molecule has 2 rings (SSSR count). The Balaban J connectivity index is 2.20. The molecule has 1 saturated heterocycles. The average Bonchev–Trinajstić information content (AvgIpc) is 2.82. The van der Waals surface area contributed by atoms with E-state index in [1.54, 1.807) is 18.7 Å². The van der Waals surface area contributed by atoms with Crippen molar-refractivity contribution in [1.29, 1.82) is 0 Å². The first kappa shape index (κ1) is 12.6. The van der Waals surface area contributed by atoms with Gasteiger partial charge in [-0.1, -0.05) is 6.92 Å². The predicted molar refractivity (Wildman–Crippen MR) is 64.3 cm³/mol. The summed E-state index contributed by atoms with van der Waals surface area (Å²) in [6, 6.07) is 0. The maximum absolute atomic E-state index is 12.3. The zero-order chi connectivity index (χ0) is 13.4. The molecule has 0 aliphatic carbocycles. The number of hydrogen-bond acceptors (Lipinski definition) is 3. The van der Waals surface area contributed by atoms with E-state index >= 15 is 0 Å². The topological polar surface area (TPSA) is 86.3 Å². The summed E-state index contributed by atoms with van der Waals surface area (Å²) < 4.78 is 0. The van der Waals surface area contributed by atoms with E-state index in [0.29, 0.717) is 17.8 Å². The van der Waals surface area contributed by atoms with Crippen LogP contribution in [0.1, 0.15) is 28.7 Å². The molecule has 2 N–H and O–H groups in total. The van der Waals surface area contributed by atoms with Gasteiger partial charge in [-0.15, -0.1) is 0 Å². The maximum atomic E-state index is 12.3. The Morgan fingerprint density at radius 3 is 2.50 bits per heavy atom. The fraction of sp³-hybridized carbons (Fsp3) is 0.583. The van der Waals surface area contributed by atoms with Gasteiger partial charge in [0.15, 0.2) is 0 Å². The number of nitrogens with one attached hydrogen (secondary N) is 1. The van der Waals surface area contributed by atoms with Crippen LogP contribution in [0.5, 0.6) is 0 Å². The minimum Gasteiger partial charge on any atom is -0.481 e. The Bertz CT molecular complexity index is 475. The first-order valence-corrected chi connectivity index (χ1v) is 5.95. The number of carboxylic acid groups (broad SMARTS) is 1. The van der Waals surface area contributed by atoms with Crippen LogP contribution in [0.2, 0.25) is 0 Å². The number of hydrogen-bond donors (Lipinski definition) is 2. The van der Waals surface area contributed by atoms with Gasteiger partial charge in [-0.05, 0) is 19.8 Å². The quantitative estimate of drug-likeness (QED) is 0.814. The molecule has 6 heteroatoms. The van der Waals surface area contributed by atoms with Crippen LogP contribution >= 0.6 is 0 Å². The molecule has 0 aromatic carbocycles. The molecule has 1 aliphatic rings. The van der Waals surface area contributed by atoms with Crippen molar-refractivity contribution in [3.05, 3.63) is 17.0 Å². The number of rotatable bonds is 2. The fourth-order valence-electron chi connectivity index (χ4n) is 2.48. The smallest absolute Gasteiger partial charge is 0.308 e. The zero-order valence-electron chi connectivity index (χ0n) is 10.7. The number of aromatic amines is 1. The third-order valence-electron chi connectivity index (χ3n) is 3.56. The minimum absolute atomic E-state index is 0.0148. The number of carbonyl (C=O) groups is 2. The molecule has 2 heterocycles. The van der Waals surface area contributed by atoms with Crippen molar-refractivity contribution in [1.82, 2.24) is 15.1 Å². The molecule has 2 unspecified atom stereocenters. The molecule has 18 heavy (non-hydrogen) atoms. The average molecular weight is 251 g/mol. The van der Waals surface area contributed by atoms with Crippen molar-refractivity contribution in [3.63, 3.8) is 0 Å². The van der Waals surface area contributed by atoms with Crippen molar-refractivity contribution < 1.29 is 14.7 Å². The number of amides is 1. The van der Waals surface area contributed by atoms with Crippen molar-refractivity contribution >= 4 is 11.9 Å². The van der Waals surface area contributed by atoms with E-state index in [-0.39, 0.29) is 18.4 Å². The monoisotopic (exact) mass is 251 g/mol. The highest BCUT2D eigenvalue weighted by molar-refractivity contribution is 5.96. The van der Waals surface area contributed by atoms with Gasteiger partial charge in [-0.2, -0.15) is 5.10 Å². The lowest BCUT2D eigenvalue weighted by molar-refractivity contribution is -0.142. The van der Waals surface area contributed by atoms with Gasteiger partial charge < -0.3 is 10.0 Å². The van der Waals surface area contributed by atoms with Crippen LogP contribution in [0.15, 0.2) is 0 Å². The number of aliphatic carboxylic acids is 1. The van der Waals surface area contributed by atoms with Crippen molar-refractivity contribution in [2.45, 2.75) is 20.8 Å². The fourth-order valence-corrected chi connectivity index (χ4v) is 2.48. The molecule has 1 fully saturated rings. The first-order valence-electron chi connectivity index (χ1n) is 5.95. The van der Waals surface area contributed by atoms with Crippen LogP contribution in [0.4, 0.5) is 0 Å². The van der Waals surface area contributed by atoms with Crippen LogP contribution in [0, 0.1) is 25.7 Å². The van der Waals surface area contributed by atoms with Crippen molar-refractivity contribution in [2.75, 3.05) is 13.1 Å². The van der Waals surface area contributed by atoms with Gasteiger partial charge in [0, 0.05) is 18.8 Å². The van der Waals surface area contributed by atoms with E-state index in [1.165, 1.54) is 0 Å². The number of carboxylic acids is 1. The van der Waals surface area contributed by atoms with E-state index in [1.807, 2.05) is 6.92 Å². The lowest BCUT2D eigenvalue weighted by Crippen LogP contribution is -2.30. The Morgan fingerprint density at radius 1 is 1.39 bits per heavy atom. The Kier molecular flexibility index (Phi) is 3.11.